The van der Waals surface area contributed by atoms with E-state index in [0.717, 1.165) is 66.1 Å². The van der Waals surface area contributed by atoms with Crippen LogP contribution in [-0.4, -0.2) is 0 Å². The predicted molar refractivity (Wildman–Crippen MR) is 234 cm³/mol. The Labute approximate surface area is 333 Å². The molecule has 0 spiro atoms. The molecule has 55 heavy (non-hydrogen) atoms. The summed E-state index contributed by atoms with van der Waals surface area (Å²) in [4.78, 5) is 0. The number of benzene rings is 4. The molecule has 2 heteroatoms. The van der Waals surface area contributed by atoms with Crippen molar-refractivity contribution in [3.05, 3.63) is 142 Å². The van der Waals surface area contributed by atoms with Crippen LogP contribution in [0.4, 0.5) is 11.4 Å². The highest BCUT2D eigenvalue weighted by Crippen LogP contribution is 2.69. The minimum absolute atomic E-state index is 0.0231. The Morgan fingerprint density at radius 3 is 1.65 bits per heavy atom. The third-order valence-electron chi connectivity index (χ3n) is 16.2. The van der Waals surface area contributed by atoms with E-state index in [1.54, 1.807) is 5.57 Å². The first kappa shape index (κ1) is 38.1. The number of hydrogen-bond acceptors (Lipinski definition) is 2. The summed E-state index contributed by atoms with van der Waals surface area (Å²) in [5.74, 6) is 5.17. The summed E-state index contributed by atoms with van der Waals surface area (Å²) in [6.45, 7) is 12.8. The van der Waals surface area contributed by atoms with Crippen LogP contribution in [0, 0.1) is 46.3 Å². The molecule has 4 N–H and O–H groups in total. The second kappa shape index (κ2) is 15.3. The zero-order valence-corrected chi connectivity index (χ0v) is 34.6. The maximum atomic E-state index is 6.00. The van der Waals surface area contributed by atoms with Gasteiger partial charge in [-0.3, -0.25) is 0 Å². The summed E-state index contributed by atoms with van der Waals surface area (Å²) in [6.07, 6.45) is 19.6. The zero-order chi connectivity index (χ0) is 38.4. The van der Waals surface area contributed by atoms with Gasteiger partial charge in [0.15, 0.2) is 0 Å². The third kappa shape index (κ3) is 7.33. The molecule has 0 heterocycles. The van der Waals surface area contributed by atoms with E-state index in [1.165, 1.54) is 97.6 Å². The minimum atomic E-state index is -0.0231. The molecule has 0 aromatic heterocycles. The Balaban J connectivity index is 1.07. The van der Waals surface area contributed by atoms with Crippen LogP contribution in [0.25, 0.3) is 0 Å². The van der Waals surface area contributed by atoms with Crippen molar-refractivity contribution < 1.29 is 0 Å². The summed E-state index contributed by atoms with van der Waals surface area (Å²) in [7, 11) is 0. The van der Waals surface area contributed by atoms with Gasteiger partial charge in [-0.2, -0.15) is 0 Å². The molecule has 290 valence electrons. The van der Waals surface area contributed by atoms with Gasteiger partial charge in [0.2, 0.25) is 0 Å². The lowest BCUT2D eigenvalue weighted by molar-refractivity contribution is -0.0530. The molecule has 0 saturated heterocycles. The quantitative estimate of drug-likeness (QED) is 0.119. The van der Waals surface area contributed by atoms with E-state index in [-0.39, 0.29) is 5.41 Å². The smallest absolute Gasteiger partial charge is 0.0314 e. The first-order valence-electron chi connectivity index (χ1n) is 22.0. The minimum Gasteiger partial charge on any atom is -0.399 e. The second-order valence-electron chi connectivity index (χ2n) is 19.8. The molecule has 0 bridgehead atoms. The van der Waals surface area contributed by atoms with Gasteiger partial charge in [-0.25, -0.2) is 0 Å². The average molecular weight is 733 g/mol. The van der Waals surface area contributed by atoms with E-state index in [2.05, 4.69) is 113 Å². The number of fused-ring (bicyclic) bond motifs is 5. The molecule has 0 aliphatic heterocycles. The Hall–Kier alpha value is -3.78. The molecule has 4 aromatic carbocycles. The largest absolute Gasteiger partial charge is 0.399 e. The number of hydrogen-bond donors (Lipinski definition) is 2. The van der Waals surface area contributed by atoms with Gasteiger partial charge in [0, 0.05) is 16.8 Å². The van der Waals surface area contributed by atoms with Gasteiger partial charge in [0.1, 0.15) is 0 Å². The summed E-state index contributed by atoms with van der Waals surface area (Å²) in [5.41, 5.74) is 24.5. The Morgan fingerprint density at radius 2 is 1.13 bits per heavy atom. The number of allylic oxidation sites excluding steroid dienone is 2. The fourth-order valence-corrected chi connectivity index (χ4v) is 13.0. The van der Waals surface area contributed by atoms with E-state index in [1.807, 2.05) is 24.3 Å². The van der Waals surface area contributed by atoms with Crippen LogP contribution in [0.5, 0.6) is 0 Å². The van der Waals surface area contributed by atoms with Crippen LogP contribution in [0.1, 0.15) is 139 Å². The van der Waals surface area contributed by atoms with Crippen LogP contribution in [0.15, 0.2) is 109 Å². The normalized spacial score (nSPS) is 28.9. The topological polar surface area (TPSA) is 52.0 Å². The standard InChI is InChI=1S/C53H68N2/c1-36(2)7-6-8-37(3)48-27-28-49-47-26-21-44-35-53(32-31-51(44,4)50(47)29-30-52(48,49)5,42-17-9-38(10-18-42)33-40-13-22-45(54)23-14-40)43-19-11-39(12-20-43)34-41-15-24-46(55)25-16-41/h9-25,36-37,47-50H,6-8,26-35,54-55H2,1-5H3/t37?,47?,48?,49?,50?,51-,52+/m0/s1. The van der Waals surface area contributed by atoms with Gasteiger partial charge in [0.05, 0.1) is 0 Å². The van der Waals surface area contributed by atoms with Gasteiger partial charge in [-0.1, -0.05) is 138 Å². The van der Waals surface area contributed by atoms with E-state index >= 15 is 0 Å². The predicted octanol–water partition coefficient (Wildman–Crippen LogP) is 13.4. The van der Waals surface area contributed by atoms with Crippen molar-refractivity contribution in [1.82, 2.24) is 0 Å². The van der Waals surface area contributed by atoms with Gasteiger partial charge in [-0.05, 0) is 168 Å². The molecule has 4 aromatic rings. The fraction of sp³-hybridized carbons (Fsp3) is 0.509. The van der Waals surface area contributed by atoms with Gasteiger partial charge < -0.3 is 11.5 Å². The average Bonchev–Trinajstić information content (AvgIpc) is 3.54. The molecule has 5 unspecified atom stereocenters. The molecule has 3 fully saturated rings. The van der Waals surface area contributed by atoms with Crippen LogP contribution in [0.3, 0.4) is 0 Å². The van der Waals surface area contributed by atoms with Crippen molar-refractivity contribution in [3.8, 4) is 0 Å². The number of nitrogen functional groups attached to an aromatic ring is 2. The summed E-state index contributed by atoms with van der Waals surface area (Å²) in [6, 6.07) is 36.2. The van der Waals surface area contributed by atoms with Gasteiger partial charge in [0.25, 0.3) is 0 Å². The molecule has 0 radical (unpaired) electrons. The van der Waals surface area contributed by atoms with E-state index < -0.39 is 0 Å². The third-order valence-corrected chi connectivity index (χ3v) is 16.2. The molecular formula is C53H68N2. The van der Waals surface area contributed by atoms with Crippen molar-refractivity contribution in [1.29, 1.82) is 0 Å². The Morgan fingerprint density at radius 1 is 0.600 bits per heavy atom. The molecule has 7 atom stereocenters. The van der Waals surface area contributed by atoms with Crippen LogP contribution >= 0.6 is 0 Å². The highest BCUT2D eigenvalue weighted by Gasteiger charge is 2.60. The molecule has 4 aliphatic carbocycles. The summed E-state index contributed by atoms with van der Waals surface area (Å²) < 4.78 is 0. The summed E-state index contributed by atoms with van der Waals surface area (Å²) in [5, 5.41) is 0. The van der Waals surface area contributed by atoms with Crippen molar-refractivity contribution in [3.63, 3.8) is 0 Å². The lowest BCUT2D eigenvalue weighted by atomic mass is 9.44. The molecule has 3 saturated carbocycles. The monoisotopic (exact) mass is 733 g/mol. The Kier molecular flexibility index (Phi) is 10.6. The molecule has 2 nitrogen and oxygen atoms in total. The van der Waals surface area contributed by atoms with Crippen molar-refractivity contribution in [2.75, 3.05) is 11.5 Å². The van der Waals surface area contributed by atoms with E-state index in [4.69, 9.17) is 11.5 Å². The first-order valence-corrected chi connectivity index (χ1v) is 22.0. The van der Waals surface area contributed by atoms with Crippen molar-refractivity contribution >= 4 is 11.4 Å². The van der Waals surface area contributed by atoms with Crippen LogP contribution in [-0.2, 0) is 18.3 Å². The number of nitrogens with two attached hydrogens (primary N) is 2. The molecule has 4 aliphatic rings. The Bertz CT molecular complexity index is 1840. The van der Waals surface area contributed by atoms with Crippen LogP contribution in [0.2, 0.25) is 0 Å². The molecule has 0 amide bonds. The maximum Gasteiger partial charge on any atom is 0.0314 e. The zero-order valence-electron chi connectivity index (χ0n) is 34.6. The number of anilines is 2. The first-order chi connectivity index (χ1) is 26.5. The molecule has 8 rings (SSSR count). The van der Waals surface area contributed by atoms with E-state index in [0.29, 0.717) is 10.8 Å². The van der Waals surface area contributed by atoms with Crippen molar-refractivity contribution in [2.24, 2.45) is 46.3 Å². The van der Waals surface area contributed by atoms with Crippen LogP contribution < -0.4 is 11.5 Å². The maximum absolute atomic E-state index is 6.00. The lowest BCUT2D eigenvalue weighted by Crippen LogP contribution is -2.52. The SMILES string of the molecule is CC(C)CCCC(C)C1CCC2C3CC=C4CC(c5ccc(Cc6ccc(N)cc6)cc5)(c5ccc(Cc6ccc(N)cc6)cc5)CC[C@]4(C)C3CC[C@]12C. The van der Waals surface area contributed by atoms with Crippen molar-refractivity contribution in [2.45, 2.75) is 124 Å². The second-order valence-corrected chi connectivity index (χ2v) is 19.8. The lowest BCUT2D eigenvalue weighted by Gasteiger charge is -2.60. The molecular weight excluding hydrogens is 665 g/mol. The highest BCUT2D eigenvalue weighted by atomic mass is 14.6. The van der Waals surface area contributed by atoms with E-state index in [9.17, 15) is 0 Å². The van der Waals surface area contributed by atoms with Gasteiger partial charge >= 0.3 is 0 Å². The fourth-order valence-electron chi connectivity index (χ4n) is 13.0. The highest BCUT2D eigenvalue weighted by molar-refractivity contribution is 5.48. The number of rotatable bonds is 11. The van der Waals surface area contributed by atoms with Gasteiger partial charge in [-0.15, -0.1) is 0 Å². The summed E-state index contributed by atoms with van der Waals surface area (Å²) >= 11 is 0.